The zero-order valence-corrected chi connectivity index (χ0v) is 13.3. The normalized spacial score (nSPS) is 10.0. The molecule has 0 saturated carbocycles. The number of pyridine rings is 1. The third-order valence-electron chi connectivity index (χ3n) is 2.87. The molecule has 0 fully saturated rings. The van der Waals surface area contributed by atoms with E-state index in [9.17, 15) is 4.79 Å². The molecule has 1 aromatic heterocycles. The molecule has 1 N–H and O–H groups in total. The molecule has 0 unspecified atom stereocenters. The number of benzene rings is 1. The van der Waals surface area contributed by atoms with Crippen LogP contribution in [0.1, 0.15) is 15.9 Å². The van der Waals surface area contributed by atoms with Gasteiger partial charge in [-0.05, 0) is 29.8 Å². The van der Waals surface area contributed by atoms with Crippen molar-refractivity contribution in [3.8, 4) is 11.6 Å². The zero-order valence-electron chi connectivity index (χ0n) is 11.7. The summed E-state index contributed by atoms with van der Waals surface area (Å²) in [6.07, 6.45) is 1.64. The average Bonchev–Trinajstić information content (AvgIpc) is 2.52. The average molecular weight is 351 g/mol. The topological polar surface area (TPSA) is 60.5 Å². The Hall–Kier alpha value is -2.08. The number of ether oxygens (including phenoxy) is 2. The molecule has 5 nitrogen and oxygen atoms in total. The Bertz CT molecular complexity index is 647. The number of aromatic nitrogens is 1. The SMILES string of the molecule is COc1cc(CNC(=O)c2ccc(Br)cc2OC)ccn1. The molecule has 1 aromatic carbocycles. The lowest BCUT2D eigenvalue weighted by atomic mass is 10.2. The van der Waals surface area contributed by atoms with Gasteiger partial charge in [-0.2, -0.15) is 0 Å². The van der Waals surface area contributed by atoms with Crippen LogP contribution in [0.15, 0.2) is 41.0 Å². The summed E-state index contributed by atoms with van der Waals surface area (Å²) < 4.78 is 11.1. The second kappa shape index (κ2) is 7.08. The third kappa shape index (κ3) is 3.95. The van der Waals surface area contributed by atoms with E-state index in [2.05, 4.69) is 26.2 Å². The van der Waals surface area contributed by atoms with Crippen molar-refractivity contribution >= 4 is 21.8 Å². The summed E-state index contributed by atoms with van der Waals surface area (Å²) in [6, 6.07) is 8.86. The van der Waals surface area contributed by atoms with Crippen LogP contribution in [0.2, 0.25) is 0 Å². The highest BCUT2D eigenvalue weighted by atomic mass is 79.9. The van der Waals surface area contributed by atoms with Crippen LogP contribution in [0.25, 0.3) is 0 Å². The van der Waals surface area contributed by atoms with Crippen LogP contribution in [0.4, 0.5) is 0 Å². The summed E-state index contributed by atoms with van der Waals surface area (Å²) in [4.78, 5) is 16.2. The van der Waals surface area contributed by atoms with Gasteiger partial charge in [-0.15, -0.1) is 0 Å². The Kier molecular flexibility index (Phi) is 5.16. The van der Waals surface area contributed by atoms with Crippen LogP contribution in [0.3, 0.4) is 0 Å². The molecular formula is C15H15BrN2O3. The lowest BCUT2D eigenvalue weighted by molar-refractivity contribution is 0.0948. The fourth-order valence-electron chi connectivity index (χ4n) is 1.80. The molecule has 2 rings (SSSR count). The minimum atomic E-state index is -0.199. The molecule has 0 radical (unpaired) electrons. The van der Waals surface area contributed by atoms with E-state index in [1.54, 1.807) is 37.6 Å². The first-order valence-corrected chi connectivity index (χ1v) is 7.04. The number of amides is 1. The molecular weight excluding hydrogens is 336 g/mol. The van der Waals surface area contributed by atoms with E-state index in [4.69, 9.17) is 9.47 Å². The number of methoxy groups -OCH3 is 2. The first-order valence-electron chi connectivity index (χ1n) is 6.24. The summed E-state index contributed by atoms with van der Waals surface area (Å²) in [5.41, 5.74) is 1.40. The summed E-state index contributed by atoms with van der Waals surface area (Å²) in [6.45, 7) is 0.386. The molecule has 0 aliphatic carbocycles. The van der Waals surface area contributed by atoms with Crippen molar-refractivity contribution < 1.29 is 14.3 Å². The van der Waals surface area contributed by atoms with E-state index in [-0.39, 0.29) is 5.91 Å². The standard InChI is InChI=1S/C15H15BrN2O3/c1-20-13-8-11(16)3-4-12(13)15(19)18-9-10-5-6-17-14(7-10)21-2/h3-8H,9H2,1-2H3,(H,18,19). The summed E-state index contributed by atoms with van der Waals surface area (Å²) in [5.74, 6) is 0.840. The molecule has 1 amide bonds. The maximum Gasteiger partial charge on any atom is 0.255 e. The number of nitrogens with zero attached hydrogens (tertiary/aromatic N) is 1. The van der Waals surface area contributed by atoms with Crippen molar-refractivity contribution in [3.63, 3.8) is 0 Å². The van der Waals surface area contributed by atoms with E-state index in [1.165, 1.54) is 7.11 Å². The van der Waals surface area contributed by atoms with Crippen LogP contribution in [0.5, 0.6) is 11.6 Å². The molecule has 0 bridgehead atoms. The maximum atomic E-state index is 12.2. The quantitative estimate of drug-likeness (QED) is 0.900. The van der Waals surface area contributed by atoms with Crippen molar-refractivity contribution in [1.82, 2.24) is 10.3 Å². The van der Waals surface area contributed by atoms with Crippen molar-refractivity contribution in [1.29, 1.82) is 0 Å². The molecule has 21 heavy (non-hydrogen) atoms. The number of nitrogens with one attached hydrogen (secondary N) is 1. The molecule has 0 atom stereocenters. The third-order valence-corrected chi connectivity index (χ3v) is 3.36. The van der Waals surface area contributed by atoms with Gasteiger partial charge in [0, 0.05) is 23.3 Å². The highest BCUT2D eigenvalue weighted by Crippen LogP contribution is 2.23. The van der Waals surface area contributed by atoms with Gasteiger partial charge in [-0.3, -0.25) is 4.79 Å². The summed E-state index contributed by atoms with van der Waals surface area (Å²) in [7, 11) is 3.09. The number of hydrogen-bond acceptors (Lipinski definition) is 4. The maximum absolute atomic E-state index is 12.2. The number of carbonyl (C=O) groups is 1. The first-order chi connectivity index (χ1) is 10.1. The molecule has 0 spiro atoms. The highest BCUT2D eigenvalue weighted by Gasteiger charge is 2.12. The first kappa shape index (κ1) is 15.3. The van der Waals surface area contributed by atoms with Crippen molar-refractivity contribution in [2.75, 3.05) is 14.2 Å². The van der Waals surface area contributed by atoms with E-state index in [0.717, 1.165) is 10.0 Å². The van der Waals surface area contributed by atoms with Gasteiger partial charge in [0.2, 0.25) is 5.88 Å². The molecule has 0 aliphatic rings. The lowest BCUT2D eigenvalue weighted by Crippen LogP contribution is -2.23. The molecule has 0 saturated heterocycles. The van der Waals surface area contributed by atoms with Gasteiger partial charge < -0.3 is 14.8 Å². The van der Waals surface area contributed by atoms with Gasteiger partial charge in [-0.25, -0.2) is 4.98 Å². The summed E-state index contributed by atoms with van der Waals surface area (Å²) in [5, 5.41) is 2.84. The Morgan fingerprint density at radius 3 is 2.76 bits per heavy atom. The Labute approximate surface area is 131 Å². The fraction of sp³-hybridized carbons (Fsp3) is 0.200. The Morgan fingerprint density at radius 1 is 1.24 bits per heavy atom. The number of halogens is 1. The Balaban J connectivity index is 2.08. The van der Waals surface area contributed by atoms with Crippen molar-refractivity contribution in [2.45, 2.75) is 6.54 Å². The molecule has 2 aromatic rings. The predicted molar refractivity (Wildman–Crippen MR) is 82.7 cm³/mol. The molecule has 110 valence electrons. The van der Waals surface area contributed by atoms with Gasteiger partial charge in [0.1, 0.15) is 5.75 Å². The summed E-state index contributed by atoms with van der Waals surface area (Å²) >= 11 is 3.35. The van der Waals surface area contributed by atoms with Gasteiger partial charge in [0.05, 0.1) is 19.8 Å². The van der Waals surface area contributed by atoms with Gasteiger partial charge in [-0.1, -0.05) is 15.9 Å². The second-order valence-corrected chi connectivity index (χ2v) is 5.15. The highest BCUT2D eigenvalue weighted by molar-refractivity contribution is 9.10. The van der Waals surface area contributed by atoms with Gasteiger partial charge in [0.15, 0.2) is 0 Å². The minimum absolute atomic E-state index is 0.199. The second-order valence-electron chi connectivity index (χ2n) is 4.23. The van der Waals surface area contributed by atoms with Crippen molar-refractivity contribution in [3.05, 3.63) is 52.1 Å². The zero-order chi connectivity index (χ0) is 15.2. The minimum Gasteiger partial charge on any atom is -0.496 e. The number of carbonyl (C=O) groups excluding carboxylic acids is 1. The van der Waals surface area contributed by atoms with E-state index >= 15 is 0 Å². The van der Waals surface area contributed by atoms with E-state index < -0.39 is 0 Å². The number of rotatable bonds is 5. The van der Waals surface area contributed by atoms with E-state index in [1.807, 2.05) is 6.07 Å². The lowest BCUT2D eigenvalue weighted by Gasteiger charge is -2.10. The molecule has 1 heterocycles. The smallest absolute Gasteiger partial charge is 0.255 e. The van der Waals surface area contributed by atoms with E-state index in [0.29, 0.717) is 23.7 Å². The van der Waals surface area contributed by atoms with Crippen LogP contribution in [-0.4, -0.2) is 25.1 Å². The van der Waals surface area contributed by atoms with Crippen LogP contribution < -0.4 is 14.8 Å². The largest absolute Gasteiger partial charge is 0.496 e. The van der Waals surface area contributed by atoms with Gasteiger partial charge in [0.25, 0.3) is 5.91 Å². The van der Waals surface area contributed by atoms with Crippen LogP contribution in [0, 0.1) is 0 Å². The predicted octanol–water partition coefficient (Wildman–Crippen LogP) is 2.79. The van der Waals surface area contributed by atoms with Crippen LogP contribution in [-0.2, 0) is 6.54 Å². The molecule has 0 aliphatic heterocycles. The van der Waals surface area contributed by atoms with Crippen molar-refractivity contribution in [2.24, 2.45) is 0 Å². The monoisotopic (exact) mass is 350 g/mol. The van der Waals surface area contributed by atoms with Crippen LogP contribution >= 0.6 is 15.9 Å². The Morgan fingerprint density at radius 2 is 2.05 bits per heavy atom. The molecule has 6 heteroatoms. The number of hydrogen-bond donors (Lipinski definition) is 1. The van der Waals surface area contributed by atoms with Gasteiger partial charge >= 0.3 is 0 Å². The fourth-order valence-corrected chi connectivity index (χ4v) is 2.14.